The molecule has 90 valence electrons. The lowest BCUT2D eigenvalue weighted by Gasteiger charge is -2.23. The van der Waals surface area contributed by atoms with Gasteiger partial charge in [0.15, 0.2) is 0 Å². The summed E-state index contributed by atoms with van der Waals surface area (Å²) in [5.41, 5.74) is 1.59. The predicted octanol–water partition coefficient (Wildman–Crippen LogP) is 3.06. The largest absolute Gasteiger partial charge is 0.508 e. The lowest BCUT2D eigenvalue weighted by Crippen LogP contribution is -2.19. The van der Waals surface area contributed by atoms with Crippen LogP contribution in [0.5, 0.6) is 5.75 Å². The molecule has 0 heterocycles. The Labute approximate surface area is 101 Å². The predicted molar refractivity (Wildman–Crippen MR) is 65.8 cm³/mol. The van der Waals surface area contributed by atoms with E-state index in [1.807, 2.05) is 13.0 Å². The molecule has 0 amide bonds. The number of hydrogen-bond acceptors (Lipinski definition) is 3. The van der Waals surface area contributed by atoms with Crippen LogP contribution in [0.15, 0.2) is 23.2 Å². The number of aromatic hydroxyl groups is 1. The monoisotopic (exact) mass is 231 g/mol. The third-order valence-electron chi connectivity index (χ3n) is 3.61. The molecular formula is C14H17NO2. The number of phenolic OH excluding ortho intramolecular Hbond substituents is 1. The standard InChI is InChI=1S/C14H17NO2/c1-2-11-7-12(9-13(17)8-11)14(15-10-16)5-3-4-6-14/h7-9,17H,2-6H2,1H3. The van der Waals surface area contributed by atoms with Crippen molar-refractivity contribution in [1.29, 1.82) is 0 Å². The van der Waals surface area contributed by atoms with Crippen LogP contribution in [0.1, 0.15) is 43.7 Å². The van der Waals surface area contributed by atoms with E-state index in [1.165, 1.54) is 0 Å². The fourth-order valence-corrected chi connectivity index (χ4v) is 2.66. The molecule has 0 saturated heterocycles. The van der Waals surface area contributed by atoms with E-state index in [0.29, 0.717) is 0 Å². The van der Waals surface area contributed by atoms with Crippen LogP contribution in [-0.2, 0) is 16.8 Å². The van der Waals surface area contributed by atoms with Crippen molar-refractivity contribution in [3.63, 3.8) is 0 Å². The first-order valence-electron chi connectivity index (χ1n) is 6.12. The van der Waals surface area contributed by atoms with Gasteiger partial charge in [0.2, 0.25) is 6.08 Å². The molecule has 1 saturated carbocycles. The second kappa shape index (κ2) is 4.72. The first-order valence-corrected chi connectivity index (χ1v) is 6.12. The normalized spacial score (nSPS) is 17.7. The molecular weight excluding hydrogens is 214 g/mol. The van der Waals surface area contributed by atoms with Gasteiger partial charge in [0.05, 0.1) is 5.54 Å². The highest BCUT2D eigenvalue weighted by Gasteiger charge is 2.36. The number of aliphatic imine (C=N–C) groups is 1. The maximum atomic E-state index is 10.6. The molecule has 0 atom stereocenters. The number of benzene rings is 1. The molecule has 0 radical (unpaired) electrons. The SMILES string of the molecule is CCc1cc(O)cc(C2(N=C=O)CCCC2)c1. The minimum atomic E-state index is -0.440. The van der Waals surface area contributed by atoms with Gasteiger partial charge in [0.25, 0.3) is 0 Å². The molecule has 0 aliphatic heterocycles. The molecule has 1 aliphatic carbocycles. The summed E-state index contributed by atoms with van der Waals surface area (Å²) in [6.07, 6.45) is 6.45. The van der Waals surface area contributed by atoms with E-state index in [-0.39, 0.29) is 5.75 Å². The van der Waals surface area contributed by atoms with Crippen LogP contribution in [0.2, 0.25) is 0 Å². The van der Waals surface area contributed by atoms with Gasteiger partial charge in [-0.15, -0.1) is 0 Å². The van der Waals surface area contributed by atoms with Crippen molar-refractivity contribution in [2.75, 3.05) is 0 Å². The summed E-state index contributed by atoms with van der Waals surface area (Å²) in [5, 5.41) is 9.73. The summed E-state index contributed by atoms with van der Waals surface area (Å²) in [7, 11) is 0. The Morgan fingerprint density at radius 3 is 2.65 bits per heavy atom. The van der Waals surface area contributed by atoms with Crippen LogP contribution in [0.25, 0.3) is 0 Å². The fraction of sp³-hybridized carbons (Fsp3) is 0.500. The molecule has 2 rings (SSSR count). The third-order valence-corrected chi connectivity index (χ3v) is 3.61. The average Bonchev–Trinajstić information content (AvgIpc) is 2.78. The van der Waals surface area contributed by atoms with Crippen LogP contribution in [0.3, 0.4) is 0 Å². The van der Waals surface area contributed by atoms with E-state index in [0.717, 1.165) is 43.2 Å². The van der Waals surface area contributed by atoms with Crippen LogP contribution in [0, 0.1) is 0 Å². The number of carbonyl (C=O) groups excluding carboxylic acids is 1. The van der Waals surface area contributed by atoms with Crippen molar-refractivity contribution in [3.8, 4) is 5.75 Å². The summed E-state index contributed by atoms with van der Waals surface area (Å²) in [5.74, 6) is 0.256. The van der Waals surface area contributed by atoms with Gasteiger partial charge in [-0.25, -0.2) is 4.79 Å². The highest BCUT2D eigenvalue weighted by atomic mass is 16.3. The molecule has 17 heavy (non-hydrogen) atoms. The Morgan fingerprint density at radius 2 is 2.06 bits per heavy atom. The minimum absolute atomic E-state index is 0.256. The molecule has 3 nitrogen and oxygen atoms in total. The van der Waals surface area contributed by atoms with Gasteiger partial charge in [-0.1, -0.05) is 25.8 Å². The van der Waals surface area contributed by atoms with Crippen molar-refractivity contribution in [1.82, 2.24) is 0 Å². The second-order valence-corrected chi connectivity index (χ2v) is 4.68. The van der Waals surface area contributed by atoms with Crippen LogP contribution in [0.4, 0.5) is 0 Å². The summed E-state index contributed by atoms with van der Waals surface area (Å²) in [6, 6.07) is 5.54. The van der Waals surface area contributed by atoms with Crippen LogP contribution < -0.4 is 0 Å². The highest BCUT2D eigenvalue weighted by molar-refractivity contribution is 5.42. The quantitative estimate of drug-likeness (QED) is 0.642. The minimum Gasteiger partial charge on any atom is -0.508 e. The summed E-state index contributed by atoms with van der Waals surface area (Å²) >= 11 is 0. The molecule has 0 unspecified atom stereocenters. The van der Waals surface area contributed by atoms with Gasteiger partial charge >= 0.3 is 0 Å². The Bertz CT molecular complexity index is 455. The maximum Gasteiger partial charge on any atom is 0.235 e. The first kappa shape index (κ1) is 11.9. The van der Waals surface area contributed by atoms with Gasteiger partial charge in [-0.3, -0.25) is 0 Å². The van der Waals surface area contributed by atoms with Crippen molar-refractivity contribution < 1.29 is 9.90 Å². The fourth-order valence-electron chi connectivity index (χ4n) is 2.66. The molecule has 1 aliphatic rings. The van der Waals surface area contributed by atoms with Crippen molar-refractivity contribution in [3.05, 3.63) is 29.3 Å². The topological polar surface area (TPSA) is 49.7 Å². The molecule has 1 N–H and O–H groups in total. The zero-order valence-electron chi connectivity index (χ0n) is 10.1. The smallest absolute Gasteiger partial charge is 0.235 e. The van der Waals surface area contributed by atoms with Gasteiger partial charge in [-0.2, -0.15) is 4.99 Å². The highest BCUT2D eigenvalue weighted by Crippen LogP contribution is 2.43. The zero-order valence-corrected chi connectivity index (χ0v) is 10.1. The molecule has 1 fully saturated rings. The second-order valence-electron chi connectivity index (χ2n) is 4.68. The van der Waals surface area contributed by atoms with E-state index >= 15 is 0 Å². The number of nitrogens with zero attached hydrogens (tertiary/aromatic N) is 1. The first-order chi connectivity index (χ1) is 8.20. The Kier molecular flexibility index (Phi) is 3.30. The number of aryl methyl sites for hydroxylation is 1. The van der Waals surface area contributed by atoms with Crippen LogP contribution >= 0.6 is 0 Å². The van der Waals surface area contributed by atoms with E-state index in [1.54, 1.807) is 18.2 Å². The van der Waals surface area contributed by atoms with E-state index in [4.69, 9.17) is 0 Å². The van der Waals surface area contributed by atoms with E-state index in [9.17, 15) is 9.90 Å². The number of rotatable bonds is 3. The lowest BCUT2D eigenvalue weighted by atomic mass is 9.87. The number of isocyanates is 1. The summed E-state index contributed by atoms with van der Waals surface area (Å²) in [6.45, 7) is 2.04. The van der Waals surface area contributed by atoms with Gasteiger partial charge in [0, 0.05) is 0 Å². The molecule has 1 aromatic rings. The summed E-state index contributed by atoms with van der Waals surface area (Å²) < 4.78 is 0. The van der Waals surface area contributed by atoms with Gasteiger partial charge < -0.3 is 5.11 Å². The lowest BCUT2D eigenvalue weighted by molar-refractivity contribution is 0.443. The Hall–Kier alpha value is -1.60. The van der Waals surface area contributed by atoms with Crippen LogP contribution in [-0.4, -0.2) is 11.2 Å². The Morgan fingerprint density at radius 1 is 1.35 bits per heavy atom. The van der Waals surface area contributed by atoms with Crippen molar-refractivity contribution in [2.45, 2.75) is 44.6 Å². The number of phenols is 1. The third kappa shape index (κ3) is 2.25. The van der Waals surface area contributed by atoms with E-state index in [2.05, 4.69) is 4.99 Å². The van der Waals surface area contributed by atoms with Gasteiger partial charge in [0.1, 0.15) is 5.75 Å². The molecule has 3 heteroatoms. The number of hydrogen-bond donors (Lipinski definition) is 1. The van der Waals surface area contributed by atoms with Gasteiger partial charge in [-0.05, 0) is 42.5 Å². The zero-order chi connectivity index (χ0) is 12.3. The molecule has 0 aromatic heterocycles. The average molecular weight is 231 g/mol. The van der Waals surface area contributed by atoms with E-state index < -0.39 is 5.54 Å². The van der Waals surface area contributed by atoms with Crippen molar-refractivity contribution >= 4 is 6.08 Å². The maximum absolute atomic E-state index is 10.6. The molecule has 1 aromatic carbocycles. The molecule has 0 spiro atoms. The Balaban J connectivity index is 2.49. The summed E-state index contributed by atoms with van der Waals surface area (Å²) in [4.78, 5) is 14.6. The molecule has 0 bridgehead atoms. The van der Waals surface area contributed by atoms with Crippen molar-refractivity contribution in [2.24, 2.45) is 4.99 Å².